The topological polar surface area (TPSA) is 162 Å². The SMILES string of the molecule is CC(C)(C)N=C(N)Nc1cccc(SCCCC#N)n1.O=C(O)C=CC(=O)O. The zero-order valence-electron chi connectivity index (χ0n) is 16.0. The van der Waals surface area contributed by atoms with E-state index in [0.29, 0.717) is 30.4 Å². The highest BCUT2D eigenvalue weighted by Crippen LogP contribution is 2.18. The average molecular weight is 407 g/mol. The predicted molar refractivity (Wildman–Crippen MR) is 109 cm³/mol. The molecule has 28 heavy (non-hydrogen) atoms. The van der Waals surface area contributed by atoms with Crippen molar-refractivity contribution in [2.24, 2.45) is 10.7 Å². The van der Waals surface area contributed by atoms with E-state index in [1.807, 2.05) is 39.0 Å². The summed E-state index contributed by atoms with van der Waals surface area (Å²) in [5, 5.41) is 28.0. The molecule has 152 valence electrons. The second-order valence-electron chi connectivity index (χ2n) is 6.27. The summed E-state index contributed by atoms with van der Waals surface area (Å²) in [4.78, 5) is 27.9. The maximum atomic E-state index is 9.55. The van der Waals surface area contributed by atoms with Gasteiger partial charge in [0.2, 0.25) is 0 Å². The molecule has 0 radical (unpaired) electrons. The fraction of sp³-hybridized carbons (Fsp3) is 0.389. The molecule has 0 bridgehead atoms. The van der Waals surface area contributed by atoms with Crippen molar-refractivity contribution in [3.05, 3.63) is 30.4 Å². The number of nitrogens with zero attached hydrogens (tertiary/aromatic N) is 3. The summed E-state index contributed by atoms with van der Waals surface area (Å²) in [7, 11) is 0. The van der Waals surface area contributed by atoms with Crippen molar-refractivity contribution in [3.63, 3.8) is 0 Å². The number of aliphatic carboxylic acids is 2. The molecule has 0 saturated carbocycles. The Morgan fingerprint density at radius 3 is 2.43 bits per heavy atom. The number of rotatable bonds is 7. The number of carboxylic acids is 2. The van der Waals surface area contributed by atoms with Crippen LogP contribution in [-0.2, 0) is 9.59 Å². The highest BCUT2D eigenvalue weighted by atomic mass is 32.2. The van der Waals surface area contributed by atoms with Crippen LogP contribution in [0.25, 0.3) is 0 Å². The van der Waals surface area contributed by atoms with E-state index < -0.39 is 11.9 Å². The van der Waals surface area contributed by atoms with E-state index in [4.69, 9.17) is 21.2 Å². The Kier molecular flexibility index (Phi) is 11.7. The lowest BCUT2D eigenvalue weighted by Gasteiger charge is -2.14. The normalized spacial score (nSPS) is 11.3. The van der Waals surface area contributed by atoms with E-state index in [0.717, 1.165) is 17.2 Å². The van der Waals surface area contributed by atoms with E-state index >= 15 is 0 Å². The molecule has 9 nitrogen and oxygen atoms in total. The molecule has 5 N–H and O–H groups in total. The van der Waals surface area contributed by atoms with Crippen LogP contribution in [0.5, 0.6) is 0 Å². The second-order valence-corrected chi connectivity index (χ2v) is 7.39. The van der Waals surface area contributed by atoms with E-state index in [1.165, 1.54) is 0 Å². The Morgan fingerprint density at radius 1 is 1.32 bits per heavy atom. The highest BCUT2D eigenvalue weighted by molar-refractivity contribution is 7.99. The first kappa shape index (κ1) is 24.9. The number of nitrogens with two attached hydrogens (primary N) is 1. The van der Waals surface area contributed by atoms with Crippen molar-refractivity contribution < 1.29 is 19.8 Å². The molecule has 1 aromatic heterocycles. The van der Waals surface area contributed by atoms with Crippen LogP contribution in [-0.4, -0.2) is 44.4 Å². The number of guanidine groups is 1. The molecule has 0 aromatic carbocycles. The number of carbonyl (C=O) groups is 2. The third-order valence-electron chi connectivity index (χ3n) is 2.49. The number of thioether (sulfide) groups is 1. The maximum absolute atomic E-state index is 9.55. The van der Waals surface area contributed by atoms with Crippen molar-refractivity contribution in [2.75, 3.05) is 11.1 Å². The van der Waals surface area contributed by atoms with Crippen molar-refractivity contribution in [1.29, 1.82) is 5.26 Å². The molecule has 0 aliphatic heterocycles. The van der Waals surface area contributed by atoms with Crippen LogP contribution in [0.15, 0.2) is 40.4 Å². The van der Waals surface area contributed by atoms with E-state index in [9.17, 15) is 9.59 Å². The van der Waals surface area contributed by atoms with Crippen molar-refractivity contribution in [1.82, 2.24) is 4.98 Å². The molecule has 0 aliphatic carbocycles. The molecule has 0 fully saturated rings. The lowest BCUT2D eigenvalue weighted by molar-refractivity contribution is -0.134. The number of aliphatic imine (C=N–C) groups is 1. The van der Waals surface area contributed by atoms with E-state index in [1.54, 1.807) is 11.8 Å². The fourth-order valence-electron chi connectivity index (χ4n) is 1.56. The van der Waals surface area contributed by atoms with Gasteiger partial charge in [-0.05, 0) is 39.3 Å². The quantitative estimate of drug-likeness (QED) is 0.175. The first-order chi connectivity index (χ1) is 13.0. The Labute approximate surface area is 168 Å². The predicted octanol–water partition coefficient (Wildman–Crippen LogP) is 2.71. The summed E-state index contributed by atoms with van der Waals surface area (Å²) >= 11 is 1.63. The van der Waals surface area contributed by atoms with Gasteiger partial charge in [0.25, 0.3) is 0 Å². The van der Waals surface area contributed by atoms with Crippen LogP contribution < -0.4 is 11.1 Å². The Morgan fingerprint density at radius 2 is 1.93 bits per heavy atom. The summed E-state index contributed by atoms with van der Waals surface area (Å²) in [6.45, 7) is 5.95. The first-order valence-electron chi connectivity index (χ1n) is 8.26. The van der Waals surface area contributed by atoms with Gasteiger partial charge in [0, 0.05) is 24.3 Å². The lowest BCUT2D eigenvalue weighted by atomic mass is 10.1. The van der Waals surface area contributed by atoms with Crippen LogP contribution in [0.3, 0.4) is 0 Å². The Bertz CT molecular complexity index is 735. The third kappa shape index (κ3) is 15.2. The van der Waals surface area contributed by atoms with Crippen molar-refractivity contribution >= 4 is 35.5 Å². The number of hydrogen-bond acceptors (Lipinski definition) is 6. The van der Waals surface area contributed by atoms with E-state index in [-0.39, 0.29) is 5.54 Å². The summed E-state index contributed by atoms with van der Waals surface area (Å²) in [5.74, 6) is -0.590. The van der Waals surface area contributed by atoms with Gasteiger partial charge < -0.3 is 21.3 Å². The summed E-state index contributed by atoms with van der Waals surface area (Å²) in [5.41, 5.74) is 5.62. The number of anilines is 1. The van der Waals surface area contributed by atoms with E-state index in [2.05, 4.69) is 21.4 Å². The highest BCUT2D eigenvalue weighted by Gasteiger charge is 2.08. The van der Waals surface area contributed by atoms with Crippen molar-refractivity contribution in [2.45, 2.75) is 44.2 Å². The molecule has 0 saturated heterocycles. The third-order valence-corrected chi connectivity index (χ3v) is 3.50. The van der Waals surface area contributed by atoms with Gasteiger partial charge in [0.15, 0.2) is 5.96 Å². The van der Waals surface area contributed by atoms with Crippen LogP contribution in [0.1, 0.15) is 33.6 Å². The second kappa shape index (κ2) is 13.2. The number of hydrogen-bond donors (Lipinski definition) is 4. The average Bonchev–Trinajstić information content (AvgIpc) is 2.56. The first-order valence-corrected chi connectivity index (χ1v) is 9.25. The lowest BCUT2D eigenvalue weighted by Crippen LogP contribution is -2.27. The smallest absolute Gasteiger partial charge is 0.328 e. The fourth-order valence-corrected chi connectivity index (χ4v) is 2.39. The minimum atomic E-state index is -1.26. The molecule has 0 aliphatic rings. The Balaban J connectivity index is 0.000000769. The van der Waals surface area contributed by atoms with Crippen LogP contribution in [0.2, 0.25) is 0 Å². The number of pyridine rings is 1. The van der Waals surface area contributed by atoms with Gasteiger partial charge in [-0.3, -0.25) is 0 Å². The van der Waals surface area contributed by atoms with Gasteiger partial charge in [-0.15, -0.1) is 11.8 Å². The van der Waals surface area contributed by atoms with Gasteiger partial charge >= 0.3 is 11.9 Å². The number of carboxylic acid groups (broad SMARTS) is 2. The zero-order chi connectivity index (χ0) is 21.6. The molecule has 0 unspecified atom stereocenters. The van der Waals surface area contributed by atoms with Crippen LogP contribution in [0, 0.1) is 11.3 Å². The summed E-state index contributed by atoms with van der Waals surface area (Å²) < 4.78 is 0. The van der Waals surface area contributed by atoms with Gasteiger partial charge in [0.1, 0.15) is 5.82 Å². The minimum absolute atomic E-state index is 0.221. The monoisotopic (exact) mass is 407 g/mol. The molecule has 0 amide bonds. The Hall–Kier alpha value is -3.06. The molecular formula is C18H25N5O4S. The standard InChI is InChI=1S/C14H21N5S.C4H4O4/c1-14(2,3)19-13(16)18-11-7-6-8-12(17-11)20-10-5-4-9-15;5-3(6)1-2-4(7)8/h6-8H,4-5,10H2,1-3H3,(H3,16,17,18,19);1-2H,(H,5,6)(H,7,8). The van der Waals surface area contributed by atoms with Crippen LogP contribution >= 0.6 is 11.8 Å². The molecular weight excluding hydrogens is 382 g/mol. The molecule has 1 heterocycles. The number of unbranched alkanes of at least 4 members (excludes halogenated alkanes) is 1. The molecule has 0 spiro atoms. The molecule has 0 atom stereocenters. The minimum Gasteiger partial charge on any atom is -0.478 e. The molecule has 1 rings (SSSR count). The maximum Gasteiger partial charge on any atom is 0.328 e. The van der Waals surface area contributed by atoms with Gasteiger partial charge in [0.05, 0.1) is 16.6 Å². The van der Waals surface area contributed by atoms with Crippen LogP contribution in [0.4, 0.5) is 5.82 Å². The zero-order valence-corrected chi connectivity index (χ0v) is 16.9. The van der Waals surface area contributed by atoms with Gasteiger partial charge in [-0.25, -0.2) is 19.6 Å². The summed E-state index contributed by atoms with van der Waals surface area (Å²) in [6.07, 6.45) is 2.56. The van der Waals surface area contributed by atoms with Crippen molar-refractivity contribution in [3.8, 4) is 6.07 Å². The number of nitrogens with one attached hydrogen (secondary N) is 1. The number of aromatic nitrogens is 1. The largest absolute Gasteiger partial charge is 0.478 e. The number of nitriles is 1. The van der Waals surface area contributed by atoms with Gasteiger partial charge in [-0.2, -0.15) is 5.26 Å². The van der Waals surface area contributed by atoms with Gasteiger partial charge in [-0.1, -0.05) is 6.07 Å². The molecule has 10 heteroatoms. The molecule has 1 aromatic rings. The summed E-state index contributed by atoms with van der Waals surface area (Å²) in [6, 6.07) is 7.85.